The Morgan fingerprint density at radius 2 is 1.51 bits per heavy atom. The Bertz CT molecular complexity index is 823. The zero-order valence-electron chi connectivity index (χ0n) is 24.0. The maximum atomic E-state index is 14.4. The van der Waals surface area contributed by atoms with E-state index in [9.17, 15) is 19.2 Å². The number of amides is 1. The first kappa shape index (κ1) is 33.9. The normalized spacial score (nSPS) is 22.2. The fraction of sp³-hybridized carbons (Fsp3) is 0.862. The summed E-state index contributed by atoms with van der Waals surface area (Å²) in [5, 5.41) is 2.80. The number of carbonyl (C=O) groups excluding carboxylic acids is 4. The average molecular weight is 568 g/mol. The molecule has 0 aromatic carbocycles. The highest BCUT2D eigenvalue weighted by molar-refractivity contribution is 7.81. The summed E-state index contributed by atoms with van der Waals surface area (Å²) in [5.74, 6) is -2.62. The Kier molecular flexibility index (Phi) is 13.6. The molecule has 2 fully saturated rings. The van der Waals surface area contributed by atoms with Crippen LogP contribution in [-0.4, -0.2) is 58.7 Å². The van der Waals surface area contributed by atoms with E-state index < -0.39 is 51.8 Å². The van der Waals surface area contributed by atoms with Crippen molar-refractivity contribution in [3.05, 3.63) is 0 Å². The number of unbranched alkanes of at least 4 members (excludes halogenated alkanes) is 1. The molecule has 5 atom stereocenters. The molecule has 0 spiro atoms. The zero-order valence-corrected chi connectivity index (χ0v) is 24.9. The molecule has 1 amide bonds. The lowest BCUT2D eigenvalue weighted by Crippen LogP contribution is -2.68. The highest BCUT2D eigenvalue weighted by atomic mass is 32.1. The van der Waals surface area contributed by atoms with E-state index in [1.165, 1.54) is 6.42 Å². The smallest absolute Gasteiger partial charge is 0.237 e. The molecule has 0 heterocycles. The van der Waals surface area contributed by atoms with Crippen LogP contribution in [0.2, 0.25) is 0 Å². The van der Waals surface area contributed by atoms with Crippen molar-refractivity contribution in [2.75, 3.05) is 6.54 Å². The molecule has 0 aromatic heterocycles. The van der Waals surface area contributed by atoms with Gasteiger partial charge in [-0.2, -0.15) is 12.6 Å². The lowest BCUT2D eigenvalue weighted by Gasteiger charge is -2.42. The van der Waals surface area contributed by atoms with Crippen molar-refractivity contribution >= 4 is 36.4 Å². The molecule has 10 heteroatoms. The molecule has 39 heavy (non-hydrogen) atoms. The molecular weight excluding hydrogens is 514 g/mol. The molecule has 1 unspecified atom stereocenters. The second kappa shape index (κ2) is 15.6. The summed E-state index contributed by atoms with van der Waals surface area (Å²) < 4.78 is -1.01. The van der Waals surface area contributed by atoms with Gasteiger partial charge in [0.05, 0.1) is 18.0 Å². The fourth-order valence-corrected chi connectivity index (χ4v) is 6.68. The molecule has 2 aliphatic rings. The maximum absolute atomic E-state index is 14.4. The number of carbonyl (C=O) groups is 4. The number of thiol groups is 1. The van der Waals surface area contributed by atoms with E-state index in [-0.39, 0.29) is 5.92 Å². The van der Waals surface area contributed by atoms with Crippen molar-refractivity contribution in [1.29, 1.82) is 0 Å². The third-order valence-corrected chi connectivity index (χ3v) is 9.05. The summed E-state index contributed by atoms with van der Waals surface area (Å²) in [7, 11) is 0. The monoisotopic (exact) mass is 567 g/mol. The van der Waals surface area contributed by atoms with E-state index in [0.29, 0.717) is 50.9 Å². The van der Waals surface area contributed by atoms with E-state index >= 15 is 0 Å². The number of nitrogens with two attached hydrogens (primary N) is 4. The predicted molar refractivity (Wildman–Crippen MR) is 158 cm³/mol. The summed E-state index contributed by atoms with van der Waals surface area (Å²) in [6, 6.07) is -2.86. The standard InChI is InChI=1S/C29H53N5O4S/c1-28(2,39)25(34-27(38)21(31)15-9-10-16-30)24(36)23(20-13-7-4-8-14-20)29(33,18-35)26(37)22(32)17-19-11-5-3-6-12-19/h18-23,25,39H,3-17,30-33H2,1-2H3,(H,34,38)/t21-,22-,23?,25+,29+/m0/s1. The minimum Gasteiger partial charge on any atom is -0.344 e. The molecule has 224 valence electrons. The molecule has 0 saturated heterocycles. The zero-order chi connectivity index (χ0) is 29.2. The largest absolute Gasteiger partial charge is 0.344 e. The first-order valence-corrected chi connectivity index (χ1v) is 15.4. The molecule has 2 aliphatic carbocycles. The van der Waals surface area contributed by atoms with Crippen molar-refractivity contribution in [2.45, 2.75) is 132 Å². The summed E-state index contributed by atoms with van der Waals surface area (Å²) in [5.41, 5.74) is 22.7. The Morgan fingerprint density at radius 1 is 0.949 bits per heavy atom. The van der Waals surface area contributed by atoms with Crippen LogP contribution < -0.4 is 28.3 Å². The minimum atomic E-state index is -2.08. The third-order valence-electron chi connectivity index (χ3n) is 8.80. The molecule has 9 nitrogen and oxygen atoms in total. The molecule has 0 aromatic rings. The van der Waals surface area contributed by atoms with Gasteiger partial charge in [0.15, 0.2) is 11.6 Å². The highest BCUT2D eigenvalue weighted by Gasteiger charge is 2.54. The SMILES string of the molecule is CC(C)(S)[C@H](NC(=O)[C@@H](N)CCCCN)C(=O)C(C1CCCCC1)[C@](N)(C=O)C(=O)[C@@H](N)CC1CCCCC1. The lowest BCUT2D eigenvalue weighted by molar-refractivity contribution is -0.143. The van der Waals surface area contributed by atoms with E-state index in [2.05, 4.69) is 17.9 Å². The van der Waals surface area contributed by atoms with Gasteiger partial charge >= 0.3 is 0 Å². The number of aldehydes is 1. The van der Waals surface area contributed by atoms with Crippen LogP contribution in [0.25, 0.3) is 0 Å². The molecule has 2 rings (SSSR count). The van der Waals surface area contributed by atoms with Crippen LogP contribution in [0, 0.1) is 17.8 Å². The van der Waals surface area contributed by atoms with Gasteiger partial charge in [0.2, 0.25) is 5.91 Å². The Labute approximate surface area is 240 Å². The van der Waals surface area contributed by atoms with Gasteiger partial charge < -0.3 is 33.0 Å². The molecule has 0 aliphatic heterocycles. The average Bonchev–Trinajstić information content (AvgIpc) is 2.91. The summed E-state index contributed by atoms with van der Waals surface area (Å²) in [4.78, 5) is 54.0. The van der Waals surface area contributed by atoms with Crippen LogP contribution in [-0.2, 0) is 19.2 Å². The number of ketones is 2. The van der Waals surface area contributed by atoms with E-state index in [1.54, 1.807) is 13.8 Å². The Morgan fingerprint density at radius 3 is 2.03 bits per heavy atom. The van der Waals surface area contributed by atoms with E-state index in [1.807, 2.05) is 0 Å². The van der Waals surface area contributed by atoms with Crippen molar-refractivity contribution < 1.29 is 19.2 Å². The van der Waals surface area contributed by atoms with Gasteiger partial charge in [-0.15, -0.1) is 0 Å². The summed E-state index contributed by atoms with van der Waals surface area (Å²) in [6.45, 7) is 3.93. The second-order valence-corrected chi connectivity index (χ2v) is 13.7. The van der Waals surface area contributed by atoms with E-state index in [0.717, 1.165) is 51.4 Å². The van der Waals surface area contributed by atoms with Crippen LogP contribution in [0.5, 0.6) is 0 Å². The number of hydrogen-bond donors (Lipinski definition) is 6. The number of nitrogens with one attached hydrogen (secondary N) is 1. The van der Waals surface area contributed by atoms with Gasteiger partial charge in [-0.1, -0.05) is 57.8 Å². The molecule has 0 radical (unpaired) electrons. The number of rotatable bonds is 16. The Balaban J connectivity index is 2.38. The van der Waals surface area contributed by atoms with Crippen LogP contribution in [0.3, 0.4) is 0 Å². The van der Waals surface area contributed by atoms with Gasteiger partial charge in [-0.25, -0.2) is 0 Å². The predicted octanol–water partition coefficient (Wildman–Crippen LogP) is 2.16. The van der Waals surface area contributed by atoms with Crippen molar-refractivity contribution in [1.82, 2.24) is 5.32 Å². The topological polar surface area (TPSA) is 184 Å². The number of Topliss-reactive ketones (excluding diaryl/α,β-unsaturated/α-hetero) is 2. The summed E-state index contributed by atoms with van der Waals surface area (Å²) in [6.07, 6.45) is 12.2. The molecule has 9 N–H and O–H groups in total. The Hall–Kier alpha value is -1.33. The van der Waals surface area contributed by atoms with Gasteiger partial charge in [0, 0.05) is 4.75 Å². The highest BCUT2D eigenvalue weighted by Crippen LogP contribution is 2.39. The van der Waals surface area contributed by atoms with Crippen LogP contribution in [0.4, 0.5) is 0 Å². The van der Waals surface area contributed by atoms with Gasteiger partial charge in [0.1, 0.15) is 17.9 Å². The van der Waals surface area contributed by atoms with Gasteiger partial charge in [0.25, 0.3) is 0 Å². The van der Waals surface area contributed by atoms with Crippen molar-refractivity contribution in [2.24, 2.45) is 40.7 Å². The second-order valence-electron chi connectivity index (χ2n) is 12.5. The molecular formula is C29H53N5O4S. The number of hydrogen-bond acceptors (Lipinski definition) is 9. The third kappa shape index (κ3) is 9.35. The van der Waals surface area contributed by atoms with Crippen LogP contribution in [0.15, 0.2) is 0 Å². The maximum Gasteiger partial charge on any atom is 0.237 e. The van der Waals surface area contributed by atoms with Crippen molar-refractivity contribution in [3.8, 4) is 0 Å². The first-order chi connectivity index (χ1) is 18.4. The van der Waals surface area contributed by atoms with Crippen LogP contribution in [0.1, 0.15) is 104 Å². The molecule has 2 saturated carbocycles. The van der Waals surface area contributed by atoms with E-state index in [4.69, 9.17) is 22.9 Å². The molecule has 0 bridgehead atoms. The summed E-state index contributed by atoms with van der Waals surface area (Å²) >= 11 is 4.65. The van der Waals surface area contributed by atoms with Gasteiger partial charge in [-0.3, -0.25) is 14.4 Å². The van der Waals surface area contributed by atoms with Gasteiger partial charge in [-0.05, 0) is 64.3 Å². The first-order valence-electron chi connectivity index (χ1n) is 14.9. The quantitative estimate of drug-likeness (QED) is 0.0709. The van der Waals surface area contributed by atoms with Crippen LogP contribution >= 0.6 is 12.6 Å². The minimum absolute atomic E-state index is 0.277. The lowest BCUT2D eigenvalue weighted by atomic mass is 9.64. The van der Waals surface area contributed by atoms with Crippen molar-refractivity contribution in [3.63, 3.8) is 0 Å². The fourth-order valence-electron chi connectivity index (χ4n) is 6.48.